The number of carbonyl (C=O) groups excluding carboxylic acids is 2. The number of hydrogen-bond acceptors (Lipinski definition) is 6. The average molecular weight is 467 g/mol. The number of hydrogen-bond donors (Lipinski definition) is 2. The van der Waals surface area contributed by atoms with E-state index in [1.807, 2.05) is 29.2 Å². The number of ether oxygens (including phenoxy) is 3. The minimum absolute atomic E-state index is 0.0226. The minimum atomic E-state index is -0.516. The molecule has 4 atom stereocenters. The van der Waals surface area contributed by atoms with E-state index >= 15 is 0 Å². The maximum atomic E-state index is 13.1. The number of fused-ring (bicyclic) bond motifs is 4. The van der Waals surface area contributed by atoms with Crippen LogP contribution in [0.25, 0.3) is 0 Å². The summed E-state index contributed by atoms with van der Waals surface area (Å²) < 4.78 is 17.1. The van der Waals surface area contributed by atoms with Crippen LogP contribution in [-0.2, 0) is 32.0 Å². The maximum absolute atomic E-state index is 13.1. The van der Waals surface area contributed by atoms with Gasteiger partial charge in [-0.05, 0) is 42.2 Å². The first-order chi connectivity index (χ1) is 16.6. The fraction of sp³-hybridized carbons (Fsp3) is 0.462. The van der Waals surface area contributed by atoms with Gasteiger partial charge in [-0.3, -0.25) is 9.59 Å². The van der Waals surface area contributed by atoms with Crippen LogP contribution in [0.3, 0.4) is 0 Å². The normalized spacial score (nSPS) is 25.1. The highest BCUT2D eigenvalue weighted by molar-refractivity contribution is 5.92. The number of aliphatic hydroxyl groups excluding tert-OH is 1. The lowest BCUT2D eigenvalue weighted by molar-refractivity contribution is -0.149. The molecule has 180 valence electrons. The molecule has 2 amide bonds. The van der Waals surface area contributed by atoms with Crippen LogP contribution in [0.5, 0.6) is 5.75 Å². The molecule has 2 aromatic carbocycles. The van der Waals surface area contributed by atoms with E-state index in [1.165, 1.54) is 18.2 Å². The molecule has 2 N–H and O–H groups in total. The highest BCUT2D eigenvalue weighted by Gasteiger charge is 2.46. The molecule has 5 rings (SSSR count). The topological polar surface area (TPSA) is 97.3 Å². The summed E-state index contributed by atoms with van der Waals surface area (Å²) >= 11 is 0. The second-order valence-electron chi connectivity index (χ2n) is 9.18. The van der Waals surface area contributed by atoms with E-state index in [-0.39, 0.29) is 49.6 Å². The first-order valence-electron chi connectivity index (χ1n) is 11.8. The van der Waals surface area contributed by atoms with Crippen molar-refractivity contribution in [1.29, 1.82) is 0 Å². The highest BCUT2D eigenvalue weighted by atomic mass is 16.6. The van der Waals surface area contributed by atoms with Crippen LogP contribution >= 0.6 is 0 Å². The van der Waals surface area contributed by atoms with Gasteiger partial charge in [-0.25, -0.2) is 0 Å². The molecule has 1 saturated heterocycles. The minimum Gasteiger partial charge on any atom is -0.487 e. The number of nitrogens with one attached hydrogen (secondary N) is 1. The Balaban J connectivity index is 1.29. The number of carbonyl (C=O) groups is 2. The second-order valence-corrected chi connectivity index (χ2v) is 9.18. The van der Waals surface area contributed by atoms with Crippen LogP contribution in [0.2, 0.25) is 0 Å². The van der Waals surface area contributed by atoms with Crippen molar-refractivity contribution in [2.24, 2.45) is 0 Å². The zero-order valence-electron chi connectivity index (χ0n) is 19.2. The molecule has 2 aromatic rings. The molecule has 8 heteroatoms. The highest BCUT2D eigenvalue weighted by Crippen LogP contribution is 2.47. The predicted molar refractivity (Wildman–Crippen MR) is 125 cm³/mol. The van der Waals surface area contributed by atoms with Crippen molar-refractivity contribution in [3.63, 3.8) is 0 Å². The lowest BCUT2D eigenvalue weighted by Gasteiger charge is -2.38. The summed E-state index contributed by atoms with van der Waals surface area (Å²) in [6, 6.07) is 13.8. The van der Waals surface area contributed by atoms with Crippen molar-refractivity contribution >= 4 is 17.5 Å². The summed E-state index contributed by atoms with van der Waals surface area (Å²) in [5.74, 6) is 0.528. The van der Waals surface area contributed by atoms with Crippen LogP contribution in [-0.4, -0.2) is 67.0 Å². The smallest absolute Gasteiger partial charge is 0.250 e. The molecule has 3 aliphatic heterocycles. The van der Waals surface area contributed by atoms with Gasteiger partial charge >= 0.3 is 0 Å². The van der Waals surface area contributed by atoms with Gasteiger partial charge in [0.05, 0.1) is 19.1 Å². The van der Waals surface area contributed by atoms with Crippen LogP contribution in [0.1, 0.15) is 35.4 Å². The number of methoxy groups -OCH3 is 1. The lowest BCUT2D eigenvalue weighted by Crippen LogP contribution is -2.48. The van der Waals surface area contributed by atoms with E-state index in [1.54, 1.807) is 6.07 Å². The predicted octanol–water partition coefficient (Wildman–Crippen LogP) is 2.24. The van der Waals surface area contributed by atoms with Crippen LogP contribution in [0.15, 0.2) is 42.5 Å². The summed E-state index contributed by atoms with van der Waals surface area (Å²) in [6.45, 7) is 1.11. The summed E-state index contributed by atoms with van der Waals surface area (Å²) in [5, 5.41) is 12.8. The van der Waals surface area contributed by atoms with Crippen molar-refractivity contribution in [2.45, 2.75) is 50.0 Å². The van der Waals surface area contributed by atoms with E-state index < -0.39 is 6.10 Å². The Labute approximate surface area is 198 Å². The third-order valence-corrected chi connectivity index (χ3v) is 6.94. The van der Waals surface area contributed by atoms with Crippen molar-refractivity contribution in [3.05, 3.63) is 59.2 Å². The molecule has 0 aromatic heterocycles. The zero-order chi connectivity index (χ0) is 23.7. The molecule has 8 nitrogen and oxygen atoms in total. The Hall–Kier alpha value is -2.94. The number of aliphatic hydroxyl groups is 1. The Morgan fingerprint density at radius 1 is 1.21 bits per heavy atom. The SMILES string of the molecule is COCC(=O)Nc1ccc2c(c1)[C@@H]1C[C@H](CC(=O)N3CCc4ccccc4C3)O[C@H](CO)[C@@H]1O2. The van der Waals surface area contributed by atoms with Crippen molar-refractivity contribution in [1.82, 2.24) is 4.90 Å². The largest absolute Gasteiger partial charge is 0.487 e. The van der Waals surface area contributed by atoms with Gasteiger partial charge in [-0.15, -0.1) is 0 Å². The van der Waals surface area contributed by atoms with E-state index in [2.05, 4.69) is 17.4 Å². The van der Waals surface area contributed by atoms with Crippen LogP contribution < -0.4 is 10.1 Å². The van der Waals surface area contributed by atoms with Gasteiger partial charge in [0.1, 0.15) is 24.6 Å². The fourth-order valence-electron chi connectivity index (χ4n) is 5.33. The number of benzene rings is 2. The van der Waals surface area contributed by atoms with Gasteiger partial charge in [0.25, 0.3) is 0 Å². The zero-order valence-corrected chi connectivity index (χ0v) is 19.2. The number of nitrogens with zero attached hydrogens (tertiary/aromatic N) is 1. The van der Waals surface area contributed by atoms with Crippen molar-refractivity contribution < 1.29 is 28.9 Å². The first-order valence-corrected chi connectivity index (χ1v) is 11.8. The summed E-state index contributed by atoms with van der Waals surface area (Å²) in [5.41, 5.74) is 4.13. The Morgan fingerprint density at radius 2 is 2.03 bits per heavy atom. The summed E-state index contributed by atoms with van der Waals surface area (Å²) in [4.78, 5) is 27.0. The maximum Gasteiger partial charge on any atom is 0.250 e. The number of rotatable bonds is 6. The van der Waals surface area contributed by atoms with Crippen LogP contribution in [0.4, 0.5) is 5.69 Å². The molecule has 3 heterocycles. The molecule has 0 bridgehead atoms. The van der Waals surface area contributed by atoms with Gasteiger partial charge in [0, 0.05) is 37.4 Å². The van der Waals surface area contributed by atoms with Crippen LogP contribution in [0, 0.1) is 0 Å². The van der Waals surface area contributed by atoms with Crippen molar-refractivity contribution in [3.8, 4) is 5.75 Å². The number of anilines is 1. The summed E-state index contributed by atoms with van der Waals surface area (Å²) in [7, 11) is 1.47. The molecule has 34 heavy (non-hydrogen) atoms. The summed E-state index contributed by atoms with van der Waals surface area (Å²) in [6.07, 6.45) is 0.581. The Bertz CT molecular complexity index is 1070. The quantitative estimate of drug-likeness (QED) is 0.678. The van der Waals surface area contributed by atoms with Gasteiger partial charge in [-0.1, -0.05) is 24.3 Å². The number of amides is 2. The van der Waals surface area contributed by atoms with Gasteiger partial charge in [0.2, 0.25) is 11.8 Å². The monoisotopic (exact) mass is 466 g/mol. The third-order valence-electron chi connectivity index (χ3n) is 6.94. The molecule has 0 radical (unpaired) electrons. The van der Waals surface area contributed by atoms with E-state index in [9.17, 15) is 14.7 Å². The molecule has 1 fully saturated rings. The van der Waals surface area contributed by atoms with Crippen molar-refractivity contribution in [2.75, 3.05) is 32.2 Å². The van der Waals surface area contributed by atoms with Gasteiger partial charge < -0.3 is 29.5 Å². The van der Waals surface area contributed by atoms with E-state index in [0.29, 0.717) is 25.2 Å². The average Bonchev–Trinajstić information content (AvgIpc) is 3.21. The standard InChI is InChI=1S/C26H30N2O6/c1-32-15-24(30)27-18-6-7-22-20(10-18)21-11-19(33-23(14-29)26(21)34-22)12-25(31)28-9-8-16-4-2-3-5-17(16)13-28/h2-7,10,19,21,23,26,29H,8-9,11-15H2,1H3,(H,27,30)/t19-,21+,23-,26-/m1/s1. The molecule has 0 spiro atoms. The second kappa shape index (κ2) is 9.74. The van der Waals surface area contributed by atoms with E-state index in [4.69, 9.17) is 14.2 Å². The third kappa shape index (κ3) is 4.53. The first kappa shape index (κ1) is 22.8. The van der Waals surface area contributed by atoms with Gasteiger partial charge in [-0.2, -0.15) is 0 Å². The molecule has 3 aliphatic rings. The Kier molecular flexibility index (Phi) is 6.54. The van der Waals surface area contributed by atoms with E-state index in [0.717, 1.165) is 17.7 Å². The molecule has 0 aliphatic carbocycles. The van der Waals surface area contributed by atoms with Gasteiger partial charge in [0.15, 0.2) is 0 Å². The molecular weight excluding hydrogens is 436 g/mol. The molecular formula is C26H30N2O6. The molecule has 0 saturated carbocycles. The molecule has 0 unspecified atom stereocenters. The lowest BCUT2D eigenvalue weighted by atomic mass is 9.84. The Morgan fingerprint density at radius 3 is 2.82 bits per heavy atom. The fourth-order valence-corrected chi connectivity index (χ4v) is 5.33.